The van der Waals surface area contributed by atoms with E-state index in [0.717, 1.165) is 34.3 Å². The summed E-state index contributed by atoms with van der Waals surface area (Å²) in [5, 5.41) is 5.93. The van der Waals surface area contributed by atoms with Gasteiger partial charge in [-0.3, -0.25) is 4.79 Å². The summed E-state index contributed by atoms with van der Waals surface area (Å²) in [5.41, 5.74) is 7.86. The lowest BCUT2D eigenvalue weighted by molar-refractivity contribution is -0.123. The van der Waals surface area contributed by atoms with Crippen molar-refractivity contribution in [3.05, 3.63) is 100 Å². The molecule has 0 aliphatic rings. The molecule has 1 N–H and O–H groups in total. The molecular formula is C26H24ClN3O2. The highest BCUT2D eigenvalue weighted by atomic mass is 35.5. The summed E-state index contributed by atoms with van der Waals surface area (Å²) < 4.78 is 7.79. The van der Waals surface area contributed by atoms with Crippen LogP contribution >= 0.6 is 11.6 Å². The number of rotatable bonds is 7. The number of carbonyl (C=O) groups excluding carboxylic acids is 1. The Morgan fingerprint density at radius 2 is 1.81 bits per heavy atom. The Morgan fingerprint density at radius 1 is 1.06 bits per heavy atom. The van der Waals surface area contributed by atoms with Gasteiger partial charge in [0.1, 0.15) is 5.75 Å². The SMILES string of the molecule is Cc1cc(OCC(=O)N/N=C/c2c(C)n(Cc3ccccc3)c3ccccc23)ccc1Cl. The number of hydrazone groups is 1. The van der Waals surface area contributed by atoms with Crippen LogP contribution in [0.4, 0.5) is 0 Å². The number of halogens is 1. The standard InChI is InChI=1S/C26H24ClN3O2/c1-18-14-21(12-13-24(18)27)32-17-26(31)29-28-15-23-19(2)30(16-20-8-4-3-5-9-20)25-11-7-6-10-22(23)25/h3-15H,16-17H2,1-2H3,(H,29,31)/b28-15+. The van der Waals surface area contributed by atoms with Crippen LogP contribution in [0.5, 0.6) is 5.75 Å². The average molecular weight is 446 g/mol. The van der Waals surface area contributed by atoms with Crippen LogP contribution in [0, 0.1) is 13.8 Å². The molecule has 1 heterocycles. The van der Waals surface area contributed by atoms with E-state index in [2.05, 4.69) is 46.3 Å². The van der Waals surface area contributed by atoms with Gasteiger partial charge in [0.2, 0.25) is 0 Å². The van der Waals surface area contributed by atoms with Gasteiger partial charge >= 0.3 is 0 Å². The van der Waals surface area contributed by atoms with Crippen molar-refractivity contribution in [3.8, 4) is 5.75 Å². The number of hydrogen-bond donors (Lipinski definition) is 1. The molecule has 162 valence electrons. The molecule has 5 nitrogen and oxygen atoms in total. The van der Waals surface area contributed by atoms with Crippen molar-refractivity contribution < 1.29 is 9.53 Å². The highest BCUT2D eigenvalue weighted by Crippen LogP contribution is 2.25. The second kappa shape index (κ2) is 9.71. The van der Waals surface area contributed by atoms with Crippen LogP contribution in [0.3, 0.4) is 0 Å². The Kier molecular flexibility index (Phi) is 6.57. The summed E-state index contributed by atoms with van der Waals surface area (Å²) in [7, 11) is 0. The predicted molar refractivity (Wildman–Crippen MR) is 130 cm³/mol. The summed E-state index contributed by atoms with van der Waals surface area (Å²) >= 11 is 6.02. The third kappa shape index (κ3) is 4.84. The molecule has 1 amide bonds. The molecule has 0 radical (unpaired) electrons. The second-order valence-electron chi connectivity index (χ2n) is 7.58. The molecule has 0 aliphatic carbocycles. The molecule has 0 fully saturated rings. The van der Waals surface area contributed by atoms with Crippen LogP contribution in [0.15, 0.2) is 77.9 Å². The van der Waals surface area contributed by atoms with Gasteiger partial charge in [-0.25, -0.2) is 5.43 Å². The number of nitrogens with zero attached hydrogens (tertiary/aromatic N) is 2. The normalized spacial score (nSPS) is 11.2. The second-order valence-corrected chi connectivity index (χ2v) is 7.99. The van der Waals surface area contributed by atoms with E-state index in [1.165, 1.54) is 5.56 Å². The number of fused-ring (bicyclic) bond motifs is 1. The number of amides is 1. The van der Waals surface area contributed by atoms with Crippen LogP contribution in [0.1, 0.15) is 22.4 Å². The van der Waals surface area contributed by atoms with Gasteiger partial charge in [-0.2, -0.15) is 5.10 Å². The number of aromatic nitrogens is 1. The Bertz CT molecular complexity index is 1280. The number of carbonyl (C=O) groups is 1. The van der Waals surface area contributed by atoms with Crippen LogP contribution in [-0.2, 0) is 11.3 Å². The first-order valence-electron chi connectivity index (χ1n) is 10.4. The Balaban J connectivity index is 1.47. The van der Waals surface area contributed by atoms with E-state index in [0.29, 0.717) is 10.8 Å². The number of nitrogens with one attached hydrogen (secondary N) is 1. The third-order valence-corrected chi connectivity index (χ3v) is 5.77. The van der Waals surface area contributed by atoms with Crippen molar-refractivity contribution in [3.63, 3.8) is 0 Å². The molecule has 0 saturated carbocycles. The highest BCUT2D eigenvalue weighted by Gasteiger charge is 2.13. The summed E-state index contributed by atoms with van der Waals surface area (Å²) in [5.74, 6) is 0.255. The molecule has 0 bridgehead atoms. The molecule has 32 heavy (non-hydrogen) atoms. The van der Waals surface area contributed by atoms with Crippen molar-refractivity contribution >= 4 is 34.6 Å². The van der Waals surface area contributed by atoms with Crippen molar-refractivity contribution in [2.24, 2.45) is 5.10 Å². The molecule has 4 rings (SSSR count). The number of hydrogen-bond acceptors (Lipinski definition) is 3. The Hall–Kier alpha value is -3.57. The van der Waals surface area contributed by atoms with E-state index >= 15 is 0 Å². The van der Waals surface area contributed by atoms with Crippen LogP contribution in [-0.4, -0.2) is 23.3 Å². The minimum atomic E-state index is -0.334. The fraction of sp³-hybridized carbons (Fsp3) is 0.154. The van der Waals surface area contributed by atoms with Gasteiger partial charge in [0.05, 0.1) is 6.21 Å². The molecule has 4 aromatic rings. The maximum atomic E-state index is 12.2. The molecule has 1 aromatic heterocycles. The highest BCUT2D eigenvalue weighted by molar-refractivity contribution is 6.31. The number of ether oxygens (including phenoxy) is 1. The number of benzene rings is 3. The monoisotopic (exact) mass is 445 g/mol. The summed E-state index contributed by atoms with van der Waals surface area (Å²) in [6.07, 6.45) is 1.70. The summed E-state index contributed by atoms with van der Waals surface area (Å²) in [6.45, 7) is 4.59. The minimum absolute atomic E-state index is 0.132. The van der Waals surface area contributed by atoms with Crippen molar-refractivity contribution in [2.75, 3.05) is 6.61 Å². The maximum Gasteiger partial charge on any atom is 0.277 e. The molecule has 3 aromatic carbocycles. The molecule has 0 aliphatic heterocycles. The first-order chi connectivity index (χ1) is 15.5. The van der Waals surface area contributed by atoms with Gasteiger partial charge in [-0.15, -0.1) is 0 Å². The van der Waals surface area contributed by atoms with E-state index in [-0.39, 0.29) is 12.5 Å². The van der Waals surface area contributed by atoms with E-state index < -0.39 is 0 Å². The van der Waals surface area contributed by atoms with E-state index in [1.54, 1.807) is 24.4 Å². The molecule has 0 unspecified atom stereocenters. The summed E-state index contributed by atoms with van der Waals surface area (Å²) in [4.78, 5) is 12.2. The zero-order valence-electron chi connectivity index (χ0n) is 18.0. The van der Waals surface area contributed by atoms with E-state index in [1.807, 2.05) is 37.3 Å². The van der Waals surface area contributed by atoms with Crippen molar-refractivity contribution in [2.45, 2.75) is 20.4 Å². The molecule has 0 atom stereocenters. The third-order valence-electron chi connectivity index (χ3n) is 5.35. The van der Waals surface area contributed by atoms with Gasteiger partial charge in [0.25, 0.3) is 5.91 Å². The van der Waals surface area contributed by atoms with Gasteiger partial charge < -0.3 is 9.30 Å². The van der Waals surface area contributed by atoms with E-state index in [4.69, 9.17) is 16.3 Å². The molecule has 0 spiro atoms. The lowest BCUT2D eigenvalue weighted by Crippen LogP contribution is -2.24. The lowest BCUT2D eigenvalue weighted by Gasteiger charge is -2.08. The first-order valence-corrected chi connectivity index (χ1v) is 10.7. The summed E-state index contributed by atoms with van der Waals surface area (Å²) in [6, 6.07) is 23.8. The molecular weight excluding hydrogens is 422 g/mol. The van der Waals surface area contributed by atoms with Gasteiger partial charge in [-0.1, -0.05) is 60.1 Å². The number of para-hydroxylation sites is 1. The van der Waals surface area contributed by atoms with E-state index in [9.17, 15) is 4.79 Å². The van der Waals surface area contributed by atoms with Gasteiger partial charge in [0, 0.05) is 33.7 Å². The smallest absolute Gasteiger partial charge is 0.277 e. The predicted octanol–water partition coefficient (Wildman–Crippen LogP) is 5.49. The van der Waals surface area contributed by atoms with Crippen LogP contribution < -0.4 is 10.2 Å². The minimum Gasteiger partial charge on any atom is -0.484 e. The fourth-order valence-corrected chi connectivity index (χ4v) is 3.76. The average Bonchev–Trinajstić information content (AvgIpc) is 3.06. The first kappa shape index (κ1) is 21.7. The van der Waals surface area contributed by atoms with Crippen molar-refractivity contribution in [1.82, 2.24) is 9.99 Å². The topological polar surface area (TPSA) is 55.6 Å². The van der Waals surface area contributed by atoms with Gasteiger partial charge in [0.15, 0.2) is 6.61 Å². The van der Waals surface area contributed by atoms with Crippen molar-refractivity contribution in [1.29, 1.82) is 0 Å². The Morgan fingerprint density at radius 3 is 2.59 bits per heavy atom. The van der Waals surface area contributed by atoms with Gasteiger partial charge in [-0.05, 0) is 49.2 Å². The molecule has 0 saturated heterocycles. The van der Waals surface area contributed by atoms with Crippen LogP contribution in [0.2, 0.25) is 5.02 Å². The number of aryl methyl sites for hydroxylation is 1. The molecule has 6 heteroatoms. The maximum absolute atomic E-state index is 12.2. The lowest BCUT2D eigenvalue weighted by atomic mass is 10.1. The largest absolute Gasteiger partial charge is 0.484 e. The van der Waals surface area contributed by atoms with Crippen LogP contribution in [0.25, 0.3) is 10.9 Å². The zero-order valence-corrected chi connectivity index (χ0v) is 18.8. The zero-order chi connectivity index (χ0) is 22.5. The quantitative estimate of drug-likeness (QED) is 0.302. The fourth-order valence-electron chi connectivity index (χ4n) is 3.65. The Labute approximate surface area is 192 Å².